The van der Waals surface area contributed by atoms with E-state index in [1.165, 1.54) is 11.8 Å². The molecule has 126 valence electrons. The number of amides is 1. The number of aryl methyl sites for hydroxylation is 2. The third-order valence-corrected chi connectivity index (χ3v) is 4.20. The summed E-state index contributed by atoms with van der Waals surface area (Å²) in [5, 5.41) is 14.0. The van der Waals surface area contributed by atoms with E-state index in [1.807, 2.05) is 19.9 Å². The topological polar surface area (TPSA) is 87.5 Å². The molecule has 0 fully saturated rings. The number of benzene rings is 1. The number of hydrazone groups is 1. The van der Waals surface area contributed by atoms with Crippen molar-refractivity contribution < 1.29 is 9.90 Å². The molecule has 24 heavy (non-hydrogen) atoms. The Morgan fingerprint density at radius 1 is 1.25 bits per heavy atom. The van der Waals surface area contributed by atoms with Gasteiger partial charge >= 0.3 is 0 Å². The average molecular weight is 344 g/mol. The molecule has 0 aliphatic heterocycles. The molecule has 0 saturated heterocycles. The predicted octanol–water partition coefficient (Wildman–Crippen LogP) is 2.82. The fraction of sp³-hybridized carbons (Fsp3) is 0.294. The van der Waals surface area contributed by atoms with Gasteiger partial charge in [-0.2, -0.15) is 5.10 Å². The molecule has 2 aromatic rings. The summed E-state index contributed by atoms with van der Waals surface area (Å²) in [7, 11) is 0. The van der Waals surface area contributed by atoms with Crippen molar-refractivity contribution in [2.75, 3.05) is 0 Å². The van der Waals surface area contributed by atoms with Crippen LogP contribution in [0.3, 0.4) is 0 Å². The van der Waals surface area contributed by atoms with Crippen LogP contribution >= 0.6 is 11.8 Å². The number of phenols is 1. The molecule has 0 radical (unpaired) electrons. The highest BCUT2D eigenvalue weighted by molar-refractivity contribution is 8.00. The monoisotopic (exact) mass is 344 g/mol. The van der Waals surface area contributed by atoms with Gasteiger partial charge in [-0.25, -0.2) is 15.4 Å². The van der Waals surface area contributed by atoms with E-state index in [9.17, 15) is 9.90 Å². The molecule has 0 saturated carbocycles. The number of carbonyl (C=O) groups is 1. The number of thioether (sulfide) groups is 1. The highest BCUT2D eigenvalue weighted by atomic mass is 32.2. The number of aromatic nitrogens is 2. The summed E-state index contributed by atoms with van der Waals surface area (Å²) in [6.45, 7) is 7.28. The molecule has 1 aromatic heterocycles. The Hall–Kier alpha value is -2.41. The average Bonchev–Trinajstić information content (AvgIpc) is 2.51. The minimum absolute atomic E-state index is 0.124. The minimum atomic E-state index is -0.396. The van der Waals surface area contributed by atoms with E-state index in [4.69, 9.17) is 0 Å². The van der Waals surface area contributed by atoms with Gasteiger partial charge in [0.25, 0.3) is 5.91 Å². The van der Waals surface area contributed by atoms with Crippen LogP contribution in [0.4, 0.5) is 0 Å². The van der Waals surface area contributed by atoms with Crippen LogP contribution < -0.4 is 5.43 Å². The SMILES string of the molecule is C/C(=N\NC(=O)C(C)Sc1nc(C)cc(C)n1)c1ccccc1O. The van der Waals surface area contributed by atoms with Crippen LogP contribution in [0.2, 0.25) is 0 Å². The highest BCUT2D eigenvalue weighted by Gasteiger charge is 2.16. The summed E-state index contributed by atoms with van der Waals surface area (Å²) in [5.74, 6) is -0.128. The maximum absolute atomic E-state index is 12.2. The van der Waals surface area contributed by atoms with E-state index in [1.54, 1.807) is 38.1 Å². The van der Waals surface area contributed by atoms with Gasteiger partial charge in [-0.3, -0.25) is 4.79 Å². The molecule has 1 amide bonds. The summed E-state index contributed by atoms with van der Waals surface area (Å²) in [5.41, 5.74) is 5.36. The van der Waals surface area contributed by atoms with Crippen molar-refractivity contribution in [2.45, 2.75) is 38.1 Å². The van der Waals surface area contributed by atoms with Gasteiger partial charge in [-0.1, -0.05) is 23.9 Å². The zero-order valence-corrected chi connectivity index (χ0v) is 14.9. The van der Waals surface area contributed by atoms with E-state index < -0.39 is 5.25 Å². The van der Waals surface area contributed by atoms with Crippen LogP contribution in [0, 0.1) is 13.8 Å². The molecule has 1 unspecified atom stereocenters. The maximum Gasteiger partial charge on any atom is 0.253 e. The third-order valence-electron chi connectivity index (χ3n) is 3.24. The number of aromatic hydroxyl groups is 1. The van der Waals surface area contributed by atoms with Gasteiger partial charge in [0.1, 0.15) is 5.75 Å². The Morgan fingerprint density at radius 2 is 1.88 bits per heavy atom. The molecule has 0 spiro atoms. The number of nitrogens with one attached hydrogen (secondary N) is 1. The van der Waals surface area contributed by atoms with Crippen molar-refractivity contribution in [3.63, 3.8) is 0 Å². The van der Waals surface area contributed by atoms with E-state index in [0.717, 1.165) is 11.4 Å². The molecule has 6 nitrogen and oxygen atoms in total. The summed E-state index contributed by atoms with van der Waals surface area (Å²) < 4.78 is 0. The van der Waals surface area contributed by atoms with Gasteiger partial charge in [0.05, 0.1) is 11.0 Å². The first-order valence-corrected chi connectivity index (χ1v) is 8.36. The fourth-order valence-electron chi connectivity index (χ4n) is 2.03. The Bertz CT molecular complexity index is 757. The molecule has 2 rings (SSSR count). The van der Waals surface area contributed by atoms with E-state index >= 15 is 0 Å². The van der Waals surface area contributed by atoms with Gasteiger partial charge in [0, 0.05) is 17.0 Å². The molecule has 0 aliphatic rings. The quantitative estimate of drug-likeness (QED) is 0.377. The van der Waals surface area contributed by atoms with E-state index in [2.05, 4.69) is 20.5 Å². The standard InChI is InChI=1S/C17H20N4O2S/c1-10-9-11(2)19-17(18-10)24-13(4)16(23)21-20-12(3)14-7-5-6-8-15(14)22/h5-9,13,22H,1-4H3,(H,21,23)/b20-12+. The van der Waals surface area contributed by atoms with Crippen LogP contribution in [-0.4, -0.2) is 31.9 Å². The zero-order valence-electron chi connectivity index (χ0n) is 14.1. The molecule has 7 heteroatoms. The lowest BCUT2D eigenvalue weighted by Crippen LogP contribution is -2.28. The summed E-state index contributed by atoms with van der Waals surface area (Å²) in [4.78, 5) is 20.8. The van der Waals surface area contributed by atoms with Crippen molar-refractivity contribution in [1.29, 1.82) is 0 Å². The van der Waals surface area contributed by atoms with Crippen molar-refractivity contribution >= 4 is 23.4 Å². The molecular weight excluding hydrogens is 324 g/mol. The van der Waals surface area contributed by atoms with Crippen LogP contribution in [0.5, 0.6) is 5.75 Å². The highest BCUT2D eigenvalue weighted by Crippen LogP contribution is 2.20. The number of carbonyl (C=O) groups excluding carboxylic acids is 1. The van der Waals surface area contributed by atoms with Gasteiger partial charge in [0.15, 0.2) is 5.16 Å². The Kier molecular flexibility index (Phi) is 5.92. The summed E-state index contributed by atoms with van der Waals surface area (Å²) in [6, 6.07) is 8.72. The molecule has 1 heterocycles. The van der Waals surface area contributed by atoms with Crippen molar-refractivity contribution in [2.24, 2.45) is 5.10 Å². The second kappa shape index (κ2) is 7.92. The van der Waals surface area contributed by atoms with Crippen molar-refractivity contribution in [3.05, 3.63) is 47.3 Å². The maximum atomic E-state index is 12.2. The lowest BCUT2D eigenvalue weighted by atomic mass is 10.1. The van der Waals surface area contributed by atoms with E-state index in [0.29, 0.717) is 16.4 Å². The first kappa shape index (κ1) is 17.9. The Morgan fingerprint density at radius 3 is 2.50 bits per heavy atom. The molecule has 0 bridgehead atoms. The molecular formula is C17H20N4O2S. The van der Waals surface area contributed by atoms with E-state index in [-0.39, 0.29) is 11.7 Å². The molecule has 0 aliphatic carbocycles. The van der Waals surface area contributed by atoms with Gasteiger partial charge in [0.2, 0.25) is 0 Å². The molecule has 1 aromatic carbocycles. The normalized spacial score (nSPS) is 12.8. The zero-order chi connectivity index (χ0) is 17.7. The number of rotatable bonds is 5. The van der Waals surface area contributed by atoms with Gasteiger partial charge in [-0.15, -0.1) is 0 Å². The van der Waals surface area contributed by atoms with Crippen LogP contribution in [0.25, 0.3) is 0 Å². The summed E-state index contributed by atoms with van der Waals surface area (Å²) in [6.07, 6.45) is 0. The Labute approximate surface area is 145 Å². The predicted molar refractivity (Wildman–Crippen MR) is 95.3 cm³/mol. The first-order valence-electron chi connectivity index (χ1n) is 7.48. The third kappa shape index (κ3) is 4.79. The minimum Gasteiger partial charge on any atom is -0.507 e. The van der Waals surface area contributed by atoms with Crippen LogP contribution in [0.1, 0.15) is 30.8 Å². The smallest absolute Gasteiger partial charge is 0.253 e. The second-order valence-corrected chi connectivity index (χ2v) is 6.69. The Balaban J connectivity index is 2.01. The second-order valence-electron chi connectivity index (χ2n) is 5.38. The number of hydrogen-bond donors (Lipinski definition) is 2. The molecule has 2 N–H and O–H groups in total. The van der Waals surface area contributed by atoms with Crippen LogP contribution in [-0.2, 0) is 4.79 Å². The number of hydrogen-bond acceptors (Lipinski definition) is 6. The van der Waals surface area contributed by atoms with Crippen LogP contribution in [0.15, 0.2) is 40.6 Å². The number of nitrogens with zero attached hydrogens (tertiary/aromatic N) is 3. The lowest BCUT2D eigenvalue weighted by molar-refractivity contribution is -0.120. The van der Waals surface area contributed by atoms with Gasteiger partial charge < -0.3 is 5.11 Å². The summed E-state index contributed by atoms with van der Waals surface area (Å²) >= 11 is 1.28. The van der Waals surface area contributed by atoms with Crippen molar-refractivity contribution in [1.82, 2.24) is 15.4 Å². The fourth-order valence-corrected chi connectivity index (χ4v) is 2.90. The van der Waals surface area contributed by atoms with Gasteiger partial charge in [-0.05, 0) is 45.9 Å². The number of para-hydroxylation sites is 1. The van der Waals surface area contributed by atoms with Crippen molar-refractivity contribution in [3.8, 4) is 5.75 Å². The molecule has 1 atom stereocenters. The largest absolute Gasteiger partial charge is 0.507 e. The lowest BCUT2D eigenvalue weighted by Gasteiger charge is -2.10. The number of phenolic OH excluding ortho intramolecular Hbond substituents is 1. The first-order chi connectivity index (χ1) is 11.4.